The number of rotatable bonds is 3. The number of benzene rings is 1. The summed E-state index contributed by atoms with van der Waals surface area (Å²) >= 11 is 0. The van der Waals surface area contributed by atoms with E-state index in [0.29, 0.717) is 6.54 Å². The topological polar surface area (TPSA) is 58.4 Å². The molecule has 1 aliphatic heterocycles. The summed E-state index contributed by atoms with van der Waals surface area (Å²) < 4.78 is 40.2. The fourth-order valence-corrected chi connectivity index (χ4v) is 2.50. The number of piperazine rings is 1. The second-order valence-corrected chi connectivity index (χ2v) is 4.71. The number of nitrogens with one attached hydrogen (secondary N) is 1. The van der Waals surface area contributed by atoms with Crippen LogP contribution in [-0.4, -0.2) is 42.7 Å². The SMILES string of the molecule is NC(=O)C1CNCCN1C(c1ccccc1)C(F)(F)F. The van der Waals surface area contributed by atoms with E-state index in [9.17, 15) is 18.0 Å². The molecule has 0 saturated carbocycles. The molecule has 20 heavy (non-hydrogen) atoms. The van der Waals surface area contributed by atoms with Crippen LogP contribution in [0.1, 0.15) is 11.6 Å². The van der Waals surface area contributed by atoms with Crippen LogP contribution in [-0.2, 0) is 4.79 Å². The monoisotopic (exact) mass is 287 g/mol. The highest BCUT2D eigenvalue weighted by atomic mass is 19.4. The number of carbonyl (C=O) groups is 1. The van der Waals surface area contributed by atoms with Crippen LogP contribution >= 0.6 is 0 Å². The van der Waals surface area contributed by atoms with Crippen LogP contribution < -0.4 is 11.1 Å². The number of amides is 1. The fourth-order valence-electron chi connectivity index (χ4n) is 2.50. The van der Waals surface area contributed by atoms with E-state index in [1.54, 1.807) is 18.2 Å². The minimum absolute atomic E-state index is 0.118. The molecule has 1 fully saturated rings. The van der Waals surface area contributed by atoms with E-state index in [4.69, 9.17) is 5.73 Å². The van der Waals surface area contributed by atoms with Crippen LogP contribution in [0, 0.1) is 0 Å². The summed E-state index contributed by atoms with van der Waals surface area (Å²) in [7, 11) is 0. The van der Waals surface area contributed by atoms with Crippen molar-refractivity contribution in [3.63, 3.8) is 0 Å². The lowest BCUT2D eigenvalue weighted by atomic mass is 10.0. The van der Waals surface area contributed by atoms with Crippen molar-refractivity contribution in [2.24, 2.45) is 5.73 Å². The summed E-state index contributed by atoms with van der Waals surface area (Å²) in [6.45, 7) is 0.643. The number of nitrogens with two attached hydrogens (primary N) is 1. The molecule has 2 atom stereocenters. The van der Waals surface area contributed by atoms with Crippen molar-refractivity contribution in [3.05, 3.63) is 35.9 Å². The van der Waals surface area contributed by atoms with Crippen LogP contribution in [0.4, 0.5) is 13.2 Å². The molecule has 2 unspecified atom stereocenters. The first-order valence-corrected chi connectivity index (χ1v) is 6.28. The van der Waals surface area contributed by atoms with Crippen LogP contribution in [0.2, 0.25) is 0 Å². The molecule has 1 saturated heterocycles. The van der Waals surface area contributed by atoms with Gasteiger partial charge < -0.3 is 11.1 Å². The number of carbonyl (C=O) groups excluding carboxylic acids is 1. The quantitative estimate of drug-likeness (QED) is 0.873. The normalized spacial score (nSPS) is 22.4. The largest absolute Gasteiger partial charge is 0.408 e. The average Bonchev–Trinajstić information content (AvgIpc) is 2.39. The van der Waals surface area contributed by atoms with E-state index >= 15 is 0 Å². The molecular weight excluding hydrogens is 271 g/mol. The maximum absolute atomic E-state index is 13.4. The summed E-state index contributed by atoms with van der Waals surface area (Å²) in [5.41, 5.74) is 5.35. The number of hydrogen-bond acceptors (Lipinski definition) is 3. The Morgan fingerprint density at radius 3 is 2.55 bits per heavy atom. The lowest BCUT2D eigenvalue weighted by molar-refractivity contribution is -0.194. The van der Waals surface area contributed by atoms with Crippen LogP contribution in [0.15, 0.2) is 30.3 Å². The van der Waals surface area contributed by atoms with E-state index in [0.717, 1.165) is 4.90 Å². The Kier molecular flexibility index (Phi) is 4.29. The summed E-state index contributed by atoms with van der Waals surface area (Å²) in [6.07, 6.45) is -4.47. The molecule has 4 nitrogen and oxygen atoms in total. The molecule has 7 heteroatoms. The van der Waals surface area contributed by atoms with E-state index in [1.165, 1.54) is 12.1 Å². The zero-order valence-corrected chi connectivity index (χ0v) is 10.7. The second-order valence-electron chi connectivity index (χ2n) is 4.71. The molecule has 1 amide bonds. The van der Waals surface area contributed by atoms with Crippen molar-refractivity contribution in [1.29, 1.82) is 0 Å². The number of halogens is 3. The van der Waals surface area contributed by atoms with Crippen molar-refractivity contribution >= 4 is 5.91 Å². The Labute approximate surface area is 114 Å². The van der Waals surface area contributed by atoms with Gasteiger partial charge in [-0.25, -0.2) is 0 Å². The molecule has 1 heterocycles. The molecule has 2 rings (SSSR count). The second kappa shape index (κ2) is 5.80. The fraction of sp³-hybridized carbons (Fsp3) is 0.462. The first-order valence-electron chi connectivity index (χ1n) is 6.28. The van der Waals surface area contributed by atoms with Crippen LogP contribution in [0.3, 0.4) is 0 Å². The van der Waals surface area contributed by atoms with Gasteiger partial charge in [-0.05, 0) is 5.56 Å². The molecule has 0 radical (unpaired) electrons. The first kappa shape index (κ1) is 14.8. The summed E-state index contributed by atoms with van der Waals surface area (Å²) in [6, 6.07) is 4.81. The Morgan fingerprint density at radius 2 is 2.00 bits per heavy atom. The predicted molar refractivity (Wildman–Crippen MR) is 67.8 cm³/mol. The van der Waals surface area contributed by atoms with Gasteiger partial charge >= 0.3 is 6.18 Å². The van der Waals surface area contributed by atoms with E-state index in [-0.39, 0.29) is 18.7 Å². The molecule has 0 spiro atoms. The smallest absolute Gasteiger partial charge is 0.368 e. The molecule has 1 aliphatic rings. The van der Waals surface area contributed by atoms with Gasteiger partial charge in [-0.1, -0.05) is 30.3 Å². The minimum Gasteiger partial charge on any atom is -0.368 e. The van der Waals surface area contributed by atoms with E-state index in [2.05, 4.69) is 5.32 Å². The molecule has 0 bridgehead atoms. The third-order valence-corrected chi connectivity index (χ3v) is 3.37. The summed E-state index contributed by atoms with van der Waals surface area (Å²) in [5, 5.41) is 2.89. The average molecular weight is 287 g/mol. The molecule has 1 aromatic carbocycles. The highest BCUT2D eigenvalue weighted by Crippen LogP contribution is 2.38. The summed E-state index contributed by atoms with van der Waals surface area (Å²) in [4.78, 5) is 12.5. The Bertz CT molecular complexity index is 464. The number of alkyl halides is 3. The Balaban J connectivity index is 2.38. The highest BCUT2D eigenvalue weighted by Gasteiger charge is 2.48. The zero-order chi connectivity index (χ0) is 14.8. The maximum Gasteiger partial charge on any atom is 0.408 e. The van der Waals surface area contributed by atoms with Gasteiger partial charge in [0, 0.05) is 19.6 Å². The third-order valence-electron chi connectivity index (χ3n) is 3.37. The van der Waals surface area contributed by atoms with Crippen molar-refractivity contribution < 1.29 is 18.0 Å². The van der Waals surface area contributed by atoms with Gasteiger partial charge in [-0.3, -0.25) is 9.69 Å². The lowest BCUT2D eigenvalue weighted by Gasteiger charge is -2.40. The van der Waals surface area contributed by atoms with Crippen LogP contribution in [0.5, 0.6) is 0 Å². The van der Waals surface area contributed by atoms with E-state index in [1.807, 2.05) is 0 Å². The standard InChI is InChI=1S/C13H16F3N3O/c14-13(15,16)11(9-4-2-1-3-5-9)19-7-6-18-8-10(19)12(17)20/h1-5,10-11,18H,6-8H2,(H2,17,20). The van der Waals surface area contributed by atoms with Crippen molar-refractivity contribution in [2.75, 3.05) is 19.6 Å². The van der Waals surface area contributed by atoms with Gasteiger partial charge in [0.1, 0.15) is 12.1 Å². The zero-order valence-electron chi connectivity index (χ0n) is 10.7. The number of nitrogens with zero attached hydrogens (tertiary/aromatic N) is 1. The van der Waals surface area contributed by atoms with Crippen molar-refractivity contribution in [1.82, 2.24) is 10.2 Å². The van der Waals surface area contributed by atoms with Gasteiger partial charge in [0.05, 0.1) is 0 Å². The molecule has 0 aliphatic carbocycles. The molecule has 110 valence electrons. The first-order chi connectivity index (χ1) is 9.41. The molecule has 3 N–H and O–H groups in total. The van der Waals surface area contributed by atoms with Crippen molar-refractivity contribution in [2.45, 2.75) is 18.3 Å². The molecule has 0 aromatic heterocycles. The molecular formula is C13H16F3N3O. The minimum atomic E-state index is -4.47. The number of hydrogen-bond donors (Lipinski definition) is 2. The van der Waals surface area contributed by atoms with Gasteiger partial charge in [0.25, 0.3) is 0 Å². The number of primary amides is 1. The third kappa shape index (κ3) is 3.10. The summed E-state index contributed by atoms with van der Waals surface area (Å²) in [5.74, 6) is -0.748. The van der Waals surface area contributed by atoms with E-state index < -0.39 is 24.2 Å². The van der Waals surface area contributed by atoms with Gasteiger partial charge in [-0.2, -0.15) is 13.2 Å². The van der Waals surface area contributed by atoms with Crippen molar-refractivity contribution in [3.8, 4) is 0 Å². The predicted octanol–water partition coefficient (Wildman–Crippen LogP) is 1.05. The Morgan fingerprint density at radius 1 is 1.35 bits per heavy atom. The maximum atomic E-state index is 13.4. The van der Waals surface area contributed by atoms with Gasteiger partial charge in [0.15, 0.2) is 0 Å². The van der Waals surface area contributed by atoms with Crippen LogP contribution in [0.25, 0.3) is 0 Å². The van der Waals surface area contributed by atoms with Gasteiger partial charge in [0.2, 0.25) is 5.91 Å². The Hall–Kier alpha value is -1.60. The lowest BCUT2D eigenvalue weighted by Crippen LogP contribution is -2.59. The van der Waals surface area contributed by atoms with Gasteiger partial charge in [-0.15, -0.1) is 0 Å². The molecule has 1 aromatic rings. The highest BCUT2D eigenvalue weighted by molar-refractivity contribution is 5.80.